The van der Waals surface area contributed by atoms with Gasteiger partial charge in [-0.05, 0) is 36.5 Å². The Bertz CT molecular complexity index is 1090. The molecule has 12 heteroatoms. The van der Waals surface area contributed by atoms with Gasteiger partial charge in [0.1, 0.15) is 6.04 Å². The number of anilines is 1. The number of benzene rings is 1. The van der Waals surface area contributed by atoms with Crippen LogP contribution in [-0.2, 0) is 17.5 Å². The third-order valence-electron chi connectivity index (χ3n) is 4.34. The molecular weight excluding hydrogens is 405 g/mol. The molecule has 2 aromatic heterocycles. The van der Waals surface area contributed by atoms with Gasteiger partial charge in [-0.2, -0.15) is 23.0 Å². The quantitative estimate of drug-likeness (QED) is 0.483. The Labute approximate surface area is 168 Å². The summed E-state index contributed by atoms with van der Waals surface area (Å²) in [6.07, 6.45) is -1.60. The van der Waals surface area contributed by atoms with Crippen molar-refractivity contribution >= 4 is 17.4 Å². The zero-order valence-corrected chi connectivity index (χ0v) is 15.9. The summed E-state index contributed by atoms with van der Waals surface area (Å²) in [7, 11) is 0. The number of carbonyl (C=O) groups is 1. The van der Waals surface area contributed by atoms with Crippen molar-refractivity contribution in [2.75, 3.05) is 5.32 Å². The van der Waals surface area contributed by atoms with Crippen LogP contribution >= 0.6 is 0 Å². The van der Waals surface area contributed by atoms with Gasteiger partial charge < -0.3 is 15.4 Å². The SMILES string of the molecule is Cc1cc([N+](=O)[O-])nn1C(C)C(=O)Nc1cnn(Cc2cccc(C(F)(F)F)c2)c1. The Kier molecular flexibility index (Phi) is 5.58. The van der Waals surface area contributed by atoms with Crippen LogP contribution in [0.4, 0.5) is 24.7 Å². The second-order valence-corrected chi connectivity index (χ2v) is 6.64. The highest BCUT2D eigenvalue weighted by Gasteiger charge is 2.30. The minimum absolute atomic E-state index is 0.0831. The first-order valence-electron chi connectivity index (χ1n) is 8.74. The zero-order chi connectivity index (χ0) is 22.1. The fourth-order valence-corrected chi connectivity index (χ4v) is 2.86. The normalized spacial score (nSPS) is 12.6. The first-order chi connectivity index (χ1) is 14.0. The summed E-state index contributed by atoms with van der Waals surface area (Å²) in [4.78, 5) is 22.7. The van der Waals surface area contributed by atoms with Gasteiger partial charge in [-0.25, -0.2) is 0 Å². The van der Waals surface area contributed by atoms with Crippen molar-refractivity contribution in [3.05, 3.63) is 69.7 Å². The summed E-state index contributed by atoms with van der Waals surface area (Å²) < 4.78 is 41.1. The summed E-state index contributed by atoms with van der Waals surface area (Å²) in [5.74, 6) is -0.837. The van der Waals surface area contributed by atoms with Crippen molar-refractivity contribution in [1.82, 2.24) is 19.6 Å². The third-order valence-corrected chi connectivity index (χ3v) is 4.34. The molecule has 2 heterocycles. The molecule has 3 aromatic rings. The second-order valence-electron chi connectivity index (χ2n) is 6.64. The maximum Gasteiger partial charge on any atom is 0.416 e. The van der Waals surface area contributed by atoms with Gasteiger partial charge in [0.05, 0.1) is 40.9 Å². The Morgan fingerprint density at radius 3 is 2.70 bits per heavy atom. The molecule has 0 aliphatic carbocycles. The average Bonchev–Trinajstić information content (AvgIpc) is 3.27. The molecule has 0 fully saturated rings. The molecule has 1 atom stereocenters. The van der Waals surface area contributed by atoms with Gasteiger partial charge in [-0.15, -0.1) is 0 Å². The first-order valence-corrected chi connectivity index (χ1v) is 8.74. The van der Waals surface area contributed by atoms with Gasteiger partial charge in [-0.3, -0.25) is 9.48 Å². The first kappa shape index (κ1) is 21.0. The molecule has 0 aliphatic rings. The number of aromatic nitrogens is 4. The largest absolute Gasteiger partial charge is 0.416 e. The number of hydrogen-bond acceptors (Lipinski definition) is 5. The lowest BCUT2D eigenvalue weighted by Crippen LogP contribution is -2.25. The van der Waals surface area contributed by atoms with Crippen LogP contribution in [0.1, 0.15) is 29.8 Å². The van der Waals surface area contributed by atoms with Crippen molar-refractivity contribution in [3.63, 3.8) is 0 Å². The zero-order valence-electron chi connectivity index (χ0n) is 15.9. The van der Waals surface area contributed by atoms with Gasteiger partial charge in [0, 0.05) is 6.20 Å². The highest BCUT2D eigenvalue weighted by Crippen LogP contribution is 2.29. The van der Waals surface area contributed by atoms with Crippen LogP contribution in [0.2, 0.25) is 0 Å². The monoisotopic (exact) mass is 422 g/mol. The average molecular weight is 422 g/mol. The lowest BCUT2D eigenvalue weighted by atomic mass is 10.1. The number of amides is 1. The summed E-state index contributed by atoms with van der Waals surface area (Å²) >= 11 is 0. The number of hydrogen-bond donors (Lipinski definition) is 1. The summed E-state index contributed by atoms with van der Waals surface area (Å²) in [5.41, 5.74) is 0.430. The fraction of sp³-hybridized carbons (Fsp3) is 0.278. The van der Waals surface area contributed by atoms with Gasteiger partial charge >= 0.3 is 12.0 Å². The fourth-order valence-electron chi connectivity index (χ4n) is 2.86. The van der Waals surface area contributed by atoms with Crippen LogP contribution in [0, 0.1) is 17.0 Å². The smallest absolute Gasteiger partial charge is 0.358 e. The molecule has 30 heavy (non-hydrogen) atoms. The number of nitrogens with one attached hydrogen (secondary N) is 1. The highest BCUT2D eigenvalue weighted by atomic mass is 19.4. The summed E-state index contributed by atoms with van der Waals surface area (Å²) in [6.45, 7) is 3.21. The number of carbonyl (C=O) groups excluding carboxylic acids is 1. The van der Waals surface area contributed by atoms with E-state index in [2.05, 4.69) is 15.5 Å². The summed E-state index contributed by atoms with van der Waals surface area (Å²) in [6, 6.07) is 5.32. The van der Waals surface area contributed by atoms with Crippen LogP contribution < -0.4 is 5.32 Å². The van der Waals surface area contributed by atoms with Crippen LogP contribution in [0.25, 0.3) is 0 Å². The molecule has 0 saturated heterocycles. The second kappa shape index (κ2) is 7.97. The van der Waals surface area contributed by atoms with E-state index in [-0.39, 0.29) is 12.4 Å². The van der Waals surface area contributed by atoms with E-state index in [0.717, 1.165) is 12.1 Å². The van der Waals surface area contributed by atoms with Gasteiger partial charge in [-0.1, -0.05) is 12.1 Å². The molecular formula is C18H17F3N6O3. The number of alkyl halides is 3. The highest BCUT2D eigenvalue weighted by molar-refractivity contribution is 5.93. The van der Waals surface area contributed by atoms with Gasteiger partial charge in [0.25, 0.3) is 5.91 Å². The Hall–Kier alpha value is -3.70. The molecule has 158 valence electrons. The van der Waals surface area contributed by atoms with E-state index in [1.54, 1.807) is 13.0 Å². The predicted molar refractivity (Wildman–Crippen MR) is 99.7 cm³/mol. The molecule has 0 saturated carbocycles. The third kappa shape index (κ3) is 4.64. The predicted octanol–water partition coefficient (Wildman–Crippen LogP) is 3.56. The molecule has 1 amide bonds. The van der Waals surface area contributed by atoms with Crippen LogP contribution in [0.3, 0.4) is 0 Å². The molecule has 0 spiro atoms. The maximum absolute atomic E-state index is 12.8. The van der Waals surface area contributed by atoms with Crippen LogP contribution in [-0.4, -0.2) is 30.4 Å². The summed E-state index contributed by atoms with van der Waals surface area (Å²) in [5, 5.41) is 21.3. The molecule has 0 radical (unpaired) electrons. The van der Waals surface area contributed by atoms with Crippen LogP contribution in [0.5, 0.6) is 0 Å². The minimum atomic E-state index is -4.44. The Balaban J connectivity index is 1.68. The molecule has 0 bridgehead atoms. The van der Waals surface area contributed by atoms with Crippen LogP contribution in [0.15, 0.2) is 42.7 Å². The molecule has 9 nitrogen and oxygen atoms in total. The van der Waals surface area contributed by atoms with Crippen molar-refractivity contribution in [3.8, 4) is 0 Å². The lowest BCUT2D eigenvalue weighted by Gasteiger charge is -2.10. The van der Waals surface area contributed by atoms with E-state index in [0.29, 0.717) is 16.9 Å². The standard InChI is InChI=1S/C18H17F3N6O3/c1-11-6-16(27(29)30)24-26(11)12(2)17(28)23-15-8-22-25(10-15)9-13-4-3-5-14(7-13)18(19,20)21/h3-8,10,12H,9H2,1-2H3,(H,23,28). The maximum atomic E-state index is 12.8. The topological polar surface area (TPSA) is 108 Å². The lowest BCUT2D eigenvalue weighted by molar-refractivity contribution is -0.389. The van der Waals surface area contributed by atoms with E-state index in [9.17, 15) is 28.1 Å². The van der Waals surface area contributed by atoms with E-state index in [1.807, 2.05) is 0 Å². The Morgan fingerprint density at radius 2 is 2.07 bits per heavy atom. The molecule has 1 unspecified atom stereocenters. The van der Waals surface area contributed by atoms with E-state index in [1.165, 1.54) is 40.8 Å². The van der Waals surface area contributed by atoms with E-state index >= 15 is 0 Å². The van der Waals surface area contributed by atoms with Crippen molar-refractivity contribution in [2.24, 2.45) is 0 Å². The number of rotatable bonds is 6. The van der Waals surface area contributed by atoms with Crippen molar-refractivity contribution in [2.45, 2.75) is 32.6 Å². The number of nitrogens with zero attached hydrogens (tertiary/aromatic N) is 5. The van der Waals surface area contributed by atoms with Crippen molar-refractivity contribution < 1.29 is 22.9 Å². The molecule has 0 aliphatic heterocycles. The number of aryl methyl sites for hydroxylation is 1. The minimum Gasteiger partial charge on any atom is -0.358 e. The van der Waals surface area contributed by atoms with E-state index in [4.69, 9.17) is 0 Å². The molecule has 1 aromatic carbocycles. The molecule has 3 rings (SSSR count). The van der Waals surface area contributed by atoms with Gasteiger partial charge in [0.2, 0.25) is 0 Å². The van der Waals surface area contributed by atoms with Gasteiger partial charge in [0.15, 0.2) is 0 Å². The molecule has 1 N–H and O–H groups in total. The number of halogens is 3. The van der Waals surface area contributed by atoms with Crippen molar-refractivity contribution in [1.29, 1.82) is 0 Å². The number of nitro groups is 1. The Morgan fingerprint density at radius 1 is 1.33 bits per heavy atom. The van der Waals surface area contributed by atoms with E-state index < -0.39 is 28.6 Å².